The Labute approximate surface area is 123 Å². The molecule has 0 saturated carbocycles. The smallest absolute Gasteiger partial charge is 0.257 e. The molecule has 2 rings (SSSR count). The standard InChI is InChI=1S/C17H18FNO2/c1-13-6-5-9-15(16(13)18)17(21)19(10-11-20)12-14-7-3-2-4-8-14/h2-9,20H,10-12H2,1H3. The number of nitrogens with zero attached hydrogens (tertiary/aromatic N) is 1. The summed E-state index contributed by atoms with van der Waals surface area (Å²) in [5.41, 5.74) is 1.41. The number of aliphatic hydroxyl groups excluding tert-OH is 1. The van der Waals surface area contributed by atoms with Crippen molar-refractivity contribution in [2.75, 3.05) is 13.2 Å². The average Bonchev–Trinajstić information content (AvgIpc) is 2.50. The van der Waals surface area contributed by atoms with E-state index in [1.165, 1.54) is 11.0 Å². The minimum Gasteiger partial charge on any atom is -0.395 e. The van der Waals surface area contributed by atoms with Crippen LogP contribution in [0.15, 0.2) is 48.5 Å². The molecule has 110 valence electrons. The molecule has 1 amide bonds. The van der Waals surface area contributed by atoms with Gasteiger partial charge in [-0.1, -0.05) is 42.5 Å². The fourth-order valence-corrected chi connectivity index (χ4v) is 2.16. The van der Waals surface area contributed by atoms with Crippen LogP contribution in [0.5, 0.6) is 0 Å². The van der Waals surface area contributed by atoms with Gasteiger partial charge in [-0.05, 0) is 24.1 Å². The van der Waals surface area contributed by atoms with Gasteiger partial charge in [0.15, 0.2) is 0 Å². The Balaban J connectivity index is 2.25. The molecule has 0 aliphatic carbocycles. The van der Waals surface area contributed by atoms with Gasteiger partial charge < -0.3 is 10.0 Å². The van der Waals surface area contributed by atoms with Gasteiger partial charge in [0.2, 0.25) is 0 Å². The lowest BCUT2D eigenvalue weighted by atomic mass is 10.1. The van der Waals surface area contributed by atoms with Crippen molar-refractivity contribution in [3.8, 4) is 0 Å². The number of aryl methyl sites for hydroxylation is 1. The molecular formula is C17H18FNO2. The minimum atomic E-state index is -0.501. The van der Waals surface area contributed by atoms with Gasteiger partial charge in [-0.2, -0.15) is 0 Å². The van der Waals surface area contributed by atoms with Gasteiger partial charge in [-0.25, -0.2) is 4.39 Å². The van der Waals surface area contributed by atoms with E-state index in [-0.39, 0.29) is 18.7 Å². The van der Waals surface area contributed by atoms with E-state index in [1.54, 1.807) is 19.1 Å². The van der Waals surface area contributed by atoms with E-state index in [9.17, 15) is 9.18 Å². The van der Waals surface area contributed by atoms with Gasteiger partial charge in [-0.3, -0.25) is 4.79 Å². The number of carbonyl (C=O) groups excluding carboxylic acids is 1. The van der Waals surface area contributed by atoms with Crippen LogP contribution in [0.25, 0.3) is 0 Å². The molecule has 0 unspecified atom stereocenters. The summed E-state index contributed by atoms with van der Waals surface area (Å²) >= 11 is 0. The lowest BCUT2D eigenvalue weighted by molar-refractivity contribution is 0.0703. The zero-order chi connectivity index (χ0) is 15.2. The van der Waals surface area contributed by atoms with Crippen molar-refractivity contribution in [1.82, 2.24) is 4.90 Å². The second kappa shape index (κ2) is 6.99. The first-order chi connectivity index (χ1) is 10.1. The summed E-state index contributed by atoms with van der Waals surface area (Å²) in [6.07, 6.45) is 0. The summed E-state index contributed by atoms with van der Waals surface area (Å²) < 4.78 is 14.1. The Morgan fingerprint density at radius 1 is 1.14 bits per heavy atom. The van der Waals surface area contributed by atoms with Crippen LogP contribution in [0.4, 0.5) is 4.39 Å². The van der Waals surface area contributed by atoms with Gasteiger partial charge in [-0.15, -0.1) is 0 Å². The van der Waals surface area contributed by atoms with E-state index in [2.05, 4.69) is 0 Å². The predicted octanol–water partition coefficient (Wildman–Crippen LogP) is 2.77. The Morgan fingerprint density at radius 3 is 2.52 bits per heavy atom. The predicted molar refractivity (Wildman–Crippen MR) is 79.4 cm³/mol. The molecule has 3 nitrogen and oxygen atoms in total. The fraction of sp³-hybridized carbons (Fsp3) is 0.235. The Kier molecular flexibility index (Phi) is 5.06. The Bertz CT molecular complexity index is 613. The molecule has 4 heteroatoms. The van der Waals surface area contributed by atoms with Crippen LogP contribution in [0.1, 0.15) is 21.5 Å². The number of aliphatic hydroxyl groups is 1. The van der Waals surface area contributed by atoms with E-state index in [4.69, 9.17) is 5.11 Å². The summed E-state index contributed by atoms with van der Waals surface area (Å²) in [7, 11) is 0. The highest BCUT2D eigenvalue weighted by Gasteiger charge is 2.19. The Morgan fingerprint density at radius 2 is 1.86 bits per heavy atom. The topological polar surface area (TPSA) is 40.5 Å². The number of amides is 1. The van der Waals surface area contributed by atoms with Gasteiger partial charge in [0.25, 0.3) is 5.91 Å². The van der Waals surface area contributed by atoms with Gasteiger partial charge in [0.1, 0.15) is 5.82 Å². The largest absolute Gasteiger partial charge is 0.395 e. The first kappa shape index (κ1) is 15.2. The van der Waals surface area contributed by atoms with Crippen molar-refractivity contribution in [1.29, 1.82) is 0 Å². The zero-order valence-corrected chi connectivity index (χ0v) is 11.9. The summed E-state index contributed by atoms with van der Waals surface area (Å²) in [6, 6.07) is 14.2. The summed E-state index contributed by atoms with van der Waals surface area (Å²) in [6.45, 7) is 1.97. The Hall–Kier alpha value is -2.20. The molecular weight excluding hydrogens is 269 g/mol. The van der Waals surface area contributed by atoms with Crippen LogP contribution in [-0.4, -0.2) is 29.1 Å². The van der Waals surface area contributed by atoms with Crippen LogP contribution in [0, 0.1) is 12.7 Å². The highest BCUT2D eigenvalue weighted by molar-refractivity contribution is 5.94. The molecule has 0 fully saturated rings. The molecule has 0 heterocycles. The second-order valence-corrected chi connectivity index (χ2v) is 4.87. The van der Waals surface area contributed by atoms with Crippen molar-refractivity contribution >= 4 is 5.91 Å². The number of hydrogen-bond acceptors (Lipinski definition) is 2. The molecule has 1 N–H and O–H groups in total. The van der Waals surface area contributed by atoms with E-state index in [0.29, 0.717) is 12.1 Å². The van der Waals surface area contributed by atoms with Crippen molar-refractivity contribution in [3.05, 3.63) is 71.0 Å². The number of hydrogen-bond donors (Lipinski definition) is 1. The lowest BCUT2D eigenvalue weighted by Gasteiger charge is -2.22. The summed E-state index contributed by atoms with van der Waals surface area (Å²) in [5.74, 6) is -0.910. The van der Waals surface area contributed by atoms with Crippen molar-refractivity contribution in [3.63, 3.8) is 0 Å². The lowest BCUT2D eigenvalue weighted by Crippen LogP contribution is -2.33. The number of rotatable bonds is 5. The fourth-order valence-electron chi connectivity index (χ4n) is 2.16. The molecule has 0 spiro atoms. The summed E-state index contributed by atoms with van der Waals surface area (Å²) in [5, 5.41) is 9.15. The van der Waals surface area contributed by atoms with E-state index in [1.807, 2.05) is 30.3 Å². The van der Waals surface area contributed by atoms with Crippen molar-refractivity contribution < 1.29 is 14.3 Å². The monoisotopic (exact) mass is 287 g/mol. The van der Waals surface area contributed by atoms with Gasteiger partial charge >= 0.3 is 0 Å². The van der Waals surface area contributed by atoms with Crippen LogP contribution in [0.2, 0.25) is 0 Å². The van der Waals surface area contributed by atoms with Crippen molar-refractivity contribution in [2.45, 2.75) is 13.5 Å². The maximum atomic E-state index is 14.1. The molecule has 0 saturated heterocycles. The third-order valence-electron chi connectivity index (χ3n) is 3.30. The molecule has 0 aliphatic heterocycles. The quantitative estimate of drug-likeness (QED) is 0.918. The molecule has 2 aromatic carbocycles. The third-order valence-corrected chi connectivity index (χ3v) is 3.30. The maximum Gasteiger partial charge on any atom is 0.257 e. The zero-order valence-electron chi connectivity index (χ0n) is 11.9. The number of halogens is 1. The summed E-state index contributed by atoms with van der Waals surface area (Å²) in [4.78, 5) is 13.9. The van der Waals surface area contributed by atoms with E-state index < -0.39 is 11.7 Å². The maximum absolute atomic E-state index is 14.1. The van der Waals surface area contributed by atoms with Gasteiger partial charge in [0, 0.05) is 13.1 Å². The SMILES string of the molecule is Cc1cccc(C(=O)N(CCO)Cc2ccccc2)c1F. The van der Waals surface area contributed by atoms with Crippen LogP contribution >= 0.6 is 0 Å². The van der Waals surface area contributed by atoms with Gasteiger partial charge in [0.05, 0.1) is 12.2 Å². The number of benzene rings is 2. The molecule has 0 aliphatic rings. The molecule has 2 aromatic rings. The van der Waals surface area contributed by atoms with Crippen LogP contribution < -0.4 is 0 Å². The molecule has 0 aromatic heterocycles. The average molecular weight is 287 g/mol. The molecule has 0 bridgehead atoms. The van der Waals surface area contributed by atoms with Crippen molar-refractivity contribution in [2.24, 2.45) is 0 Å². The first-order valence-electron chi connectivity index (χ1n) is 6.82. The van der Waals surface area contributed by atoms with Crippen LogP contribution in [0.3, 0.4) is 0 Å². The van der Waals surface area contributed by atoms with Crippen LogP contribution in [-0.2, 0) is 6.54 Å². The second-order valence-electron chi connectivity index (χ2n) is 4.87. The molecule has 21 heavy (non-hydrogen) atoms. The third kappa shape index (κ3) is 3.67. The van der Waals surface area contributed by atoms with E-state index in [0.717, 1.165) is 5.56 Å². The molecule has 0 atom stereocenters. The number of carbonyl (C=O) groups is 1. The molecule has 0 radical (unpaired) electrons. The minimum absolute atomic E-state index is 0.0411. The highest BCUT2D eigenvalue weighted by atomic mass is 19.1. The highest BCUT2D eigenvalue weighted by Crippen LogP contribution is 2.16. The van der Waals surface area contributed by atoms with E-state index >= 15 is 0 Å². The normalized spacial score (nSPS) is 10.4. The first-order valence-corrected chi connectivity index (χ1v) is 6.82.